The van der Waals surface area contributed by atoms with E-state index in [1.54, 1.807) is 0 Å². The Bertz CT molecular complexity index is 839. The van der Waals surface area contributed by atoms with Gasteiger partial charge in [-0.2, -0.15) is 5.10 Å². The highest BCUT2D eigenvalue weighted by Crippen LogP contribution is 2.36. The number of hydrazone groups is 1. The van der Waals surface area contributed by atoms with Crippen molar-refractivity contribution in [2.45, 2.75) is 19.4 Å². The lowest BCUT2D eigenvalue weighted by molar-refractivity contribution is 0.705. The van der Waals surface area contributed by atoms with Gasteiger partial charge in [-0.3, -0.25) is 9.99 Å². The lowest BCUT2D eigenvalue weighted by Gasteiger charge is -2.23. The van der Waals surface area contributed by atoms with Crippen LogP contribution in [-0.4, -0.2) is 10.7 Å². The van der Waals surface area contributed by atoms with Gasteiger partial charge in [0.05, 0.1) is 17.4 Å². The molecule has 3 heteroatoms. The quantitative estimate of drug-likeness (QED) is 0.698. The molecule has 1 aliphatic rings. The van der Waals surface area contributed by atoms with Crippen molar-refractivity contribution < 1.29 is 0 Å². The lowest BCUT2D eigenvalue weighted by Crippen LogP contribution is -2.18. The van der Waals surface area contributed by atoms with Crippen molar-refractivity contribution in [3.63, 3.8) is 0 Å². The van der Waals surface area contributed by atoms with Crippen molar-refractivity contribution in [1.82, 2.24) is 4.98 Å². The van der Waals surface area contributed by atoms with E-state index in [0.29, 0.717) is 0 Å². The maximum atomic E-state index is 4.94. The summed E-state index contributed by atoms with van der Waals surface area (Å²) in [6.45, 7) is 2.10. The van der Waals surface area contributed by atoms with Crippen LogP contribution >= 0.6 is 0 Å². The molecule has 1 aromatic heterocycles. The number of aryl methyl sites for hydroxylation is 1. The molecule has 3 nitrogen and oxygen atoms in total. The van der Waals surface area contributed by atoms with Gasteiger partial charge in [0.2, 0.25) is 0 Å². The first-order valence-electron chi connectivity index (χ1n) is 8.20. The Labute approximate surface area is 142 Å². The van der Waals surface area contributed by atoms with Gasteiger partial charge in [-0.05, 0) is 36.2 Å². The number of anilines is 1. The Morgan fingerprint density at radius 2 is 1.71 bits per heavy atom. The summed E-state index contributed by atoms with van der Waals surface area (Å²) in [5, 5.41) is 7.06. The first kappa shape index (κ1) is 14.6. The molecule has 3 aromatic rings. The normalized spacial score (nSPS) is 17.0. The van der Waals surface area contributed by atoms with Crippen LogP contribution in [0, 0.1) is 6.92 Å². The molecule has 2 heterocycles. The Morgan fingerprint density at radius 3 is 2.42 bits per heavy atom. The fourth-order valence-electron chi connectivity index (χ4n) is 3.08. The first-order valence-corrected chi connectivity index (χ1v) is 8.20. The highest BCUT2D eigenvalue weighted by atomic mass is 15.5. The Morgan fingerprint density at radius 1 is 0.917 bits per heavy atom. The van der Waals surface area contributed by atoms with Gasteiger partial charge in [0.25, 0.3) is 0 Å². The SMILES string of the molecule is Cc1ccc(N2N=C(c3ccccc3)CC2c2cccnc2)cc1. The average molecular weight is 313 g/mol. The molecular formula is C21H19N3. The largest absolute Gasteiger partial charge is 0.264 e. The summed E-state index contributed by atoms with van der Waals surface area (Å²) in [4.78, 5) is 4.29. The monoisotopic (exact) mass is 313 g/mol. The number of rotatable bonds is 3. The molecule has 24 heavy (non-hydrogen) atoms. The summed E-state index contributed by atoms with van der Waals surface area (Å²) in [5.41, 5.74) is 5.85. The predicted octanol–water partition coefficient (Wildman–Crippen LogP) is 4.75. The zero-order chi connectivity index (χ0) is 16.4. The molecule has 0 bridgehead atoms. The second kappa shape index (κ2) is 6.28. The Hall–Kier alpha value is -2.94. The third kappa shape index (κ3) is 2.81. The number of aromatic nitrogens is 1. The molecule has 0 spiro atoms. The summed E-state index contributed by atoms with van der Waals surface area (Å²) in [6, 6.07) is 23.2. The van der Waals surface area contributed by atoms with Crippen LogP contribution in [0.5, 0.6) is 0 Å². The summed E-state index contributed by atoms with van der Waals surface area (Å²) in [5.74, 6) is 0. The van der Waals surface area contributed by atoms with Crippen molar-refractivity contribution in [3.8, 4) is 0 Å². The summed E-state index contributed by atoms with van der Waals surface area (Å²) < 4.78 is 0. The van der Waals surface area contributed by atoms with E-state index in [4.69, 9.17) is 5.10 Å². The highest BCUT2D eigenvalue weighted by Gasteiger charge is 2.29. The molecule has 0 aliphatic carbocycles. The fraction of sp³-hybridized carbons (Fsp3) is 0.143. The zero-order valence-corrected chi connectivity index (χ0v) is 13.6. The van der Waals surface area contributed by atoms with Gasteiger partial charge >= 0.3 is 0 Å². The van der Waals surface area contributed by atoms with Gasteiger partial charge < -0.3 is 0 Å². The minimum absolute atomic E-state index is 0.177. The number of nitrogens with zero attached hydrogens (tertiary/aromatic N) is 3. The van der Waals surface area contributed by atoms with E-state index < -0.39 is 0 Å². The van der Waals surface area contributed by atoms with E-state index in [1.165, 1.54) is 16.7 Å². The van der Waals surface area contributed by atoms with E-state index in [9.17, 15) is 0 Å². The van der Waals surface area contributed by atoms with Gasteiger partial charge in [-0.25, -0.2) is 0 Å². The van der Waals surface area contributed by atoms with Gasteiger partial charge in [0.15, 0.2) is 0 Å². The topological polar surface area (TPSA) is 28.5 Å². The molecule has 0 fully saturated rings. The van der Waals surface area contributed by atoms with Crippen LogP contribution in [0.2, 0.25) is 0 Å². The van der Waals surface area contributed by atoms with Crippen LogP contribution < -0.4 is 5.01 Å². The summed E-state index contributed by atoms with van der Waals surface area (Å²) in [7, 11) is 0. The number of hydrogen-bond acceptors (Lipinski definition) is 3. The molecule has 4 rings (SSSR count). The number of hydrogen-bond donors (Lipinski definition) is 0. The lowest BCUT2D eigenvalue weighted by atomic mass is 9.99. The standard InChI is InChI=1S/C21H19N3/c1-16-9-11-19(12-10-16)24-21(18-8-5-13-22-15-18)14-20(23-24)17-6-3-2-4-7-17/h2-13,15,21H,14H2,1H3. The van der Waals surface area contributed by atoms with Gasteiger partial charge in [-0.1, -0.05) is 54.1 Å². The van der Waals surface area contributed by atoms with Crippen LogP contribution in [0.3, 0.4) is 0 Å². The second-order valence-electron chi connectivity index (χ2n) is 6.10. The minimum atomic E-state index is 0.177. The minimum Gasteiger partial charge on any atom is -0.264 e. The molecular weight excluding hydrogens is 294 g/mol. The van der Waals surface area contributed by atoms with Crippen LogP contribution in [0.4, 0.5) is 5.69 Å². The molecule has 1 atom stereocenters. The Balaban J connectivity index is 1.75. The molecule has 1 aliphatic heterocycles. The van der Waals surface area contributed by atoms with Gasteiger partial charge in [0.1, 0.15) is 0 Å². The fourth-order valence-corrected chi connectivity index (χ4v) is 3.08. The molecule has 1 unspecified atom stereocenters. The Kier molecular flexibility index (Phi) is 3.83. The highest BCUT2D eigenvalue weighted by molar-refractivity contribution is 6.03. The maximum Gasteiger partial charge on any atom is 0.0846 e. The number of benzene rings is 2. The van der Waals surface area contributed by atoms with Crippen molar-refractivity contribution in [3.05, 3.63) is 95.8 Å². The summed E-state index contributed by atoms with van der Waals surface area (Å²) in [6.07, 6.45) is 4.63. The van der Waals surface area contributed by atoms with Crippen molar-refractivity contribution in [2.24, 2.45) is 5.10 Å². The smallest absolute Gasteiger partial charge is 0.0846 e. The van der Waals surface area contributed by atoms with Crippen LogP contribution in [0.15, 0.2) is 84.2 Å². The van der Waals surface area contributed by atoms with Crippen LogP contribution in [0.25, 0.3) is 0 Å². The maximum absolute atomic E-state index is 4.94. The van der Waals surface area contributed by atoms with Crippen molar-refractivity contribution >= 4 is 11.4 Å². The number of pyridine rings is 1. The molecule has 0 saturated carbocycles. The molecule has 0 saturated heterocycles. The predicted molar refractivity (Wildman–Crippen MR) is 98.2 cm³/mol. The summed E-state index contributed by atoms with van der Waals surface area (Å²) >= 11 is 0. The van der Waals surface area contributed by atoms with E-state index >= 15 is 0 Å². The molecule has 0 amide bonds. The third-order valence-electron chi connectivity index (χ3n) is 4.39. The van der Waals surface area contributed by atoms with Crippen molar-refractivity contribution in [1.29, 1.82) is 0 Å². The molecule has 0 radical (unpaired) electrons. The van der Waals surface area contributed by atoms with E-state index in [1.807, 2.05) is 24.5 Å². The van der Waals surface area contributed by atoms with Crippen LogP contribution in [-0.2, 0) is 0 Å². The molecule has 2 aromatic carbocycles. The first-order chi connectivity index (χ1) is 11.8. The average Bonchev–Trinajstić information content (AvgIpc) is 3.09. The van der Waals surface area contributed by atoms with Crippen LogP contribution in [0.1, 0.15) is 29.2 Å². The zero-order valence-electron chi connectivity index (χ0n) is 13.6. The van der Waals surface area contributed by atoms with E-state index in [0.717, 1.165) is 17.8 Å². The second-order valence-corrected chi connectivity index (χ2v) is 6.10. The third-order valence-corrected chi connectivity index (χ3v) is 4.39. The molecule has 118 valence electrons. The van der Waals surface area contributed by atoms with Crippen molar-refractivity contribution in [2.75, 3.05) is 5.01 Å². The van der Waals surface area contributed by atoms with Gasteiger partial charge in [-0.15, -0.1) is 0 Å². The van der Waals surface area contributed by atoms with E-state index in [2.05, 4.69) is 71.5 Å². The molecule has 0 N–H and O–H groups in total. The van der Waals surface area contributed by atoms with E-state index in [-0.39, 0.29) is 6.04 Å². The van der Waals surface area contributed by atoms with Gasteiger partial charge in [0, 0.05) is 18.8 Å².